The molecular formula is C17H16N2O6. The molecule has 0 amide bonds. The van der Waals surface area contributed by atoms with Crippen LogP contribution in [-0.2, 0) is 0 Å². The Morgan fingerprint density at radius 1 is 1.32 bits per heavy atom. The fourth-order valence-corrected chi connectivity index (χ4v) is 2.25. The zero-order valence-corrected chi connectivity index (χ0v) is 13.8. The van der Waals surface area contributed by atoms with Crippen molar-refractivity contribution < 1.29 is 19.2 Å². The van der Waals surface area contributed by atoms with Crippen LogP contribution in [0.1, 0.15) is 21.7 Å². The summed E-state index contributed by atoms with van der Waals surface area (Å²) >= 11 is 0. The zero-order valence-electron chi connectivity index (χ0n) is 13.8. The SMILES string of the molecule is Cc1cc(O)c(C(=O)/C=C/c2ccc(N(C)C)c([N+](=O)[O-])c2)c(=O)o1. The molecule has 0 unspecified atom stereocenters. The Morgan fingerprint density at radius 2 is 2.00 bits per heavy atom. The van der Waals surface area contributed by atoms with Gasteiger partial charge in [-0.1, -0.05) is 12.1 Å². The highest BCUT2D eigenvalue weighted by molar-refractivity contribution is 6.08. The number of nitrogens with zero attached hydrogens (tertiary/aromatic N) is 2. The van der Waals surface area contributed by atoms with Crippen LogP contribution in [0.4, 0.5) is 11.4 Å². The number of hydrogen-bond donors (Lipinski definition) is 1. The number of nitro benzene ring substituents is 1. The first kappa shape index (κ1) is 17.9. The van der Waals surface area contributed by atoms with E-state index in [-0.39, 0.29) is 11.4 Å². The molecule has 0 aliphatic heterocycles. The molecule has 2 rings (SSSR count). The lowest BCUT2D eigenvalue weighted by molar-refractivity contribution is -0.384. The molecule has 0 fully saturated rings. The van der Waals surface area contributed by atoms with Crippen LogP contribution in [0.2, 0.25) is 0 Å². The highest BCUT2D eigenvalue weighted by atomic mass is 16.6. The lowest BCUT2D eigenvalue weighted by Gasteiger charge is -2.12. The molecular weight excluding hydrogens is 328 g/mol. The second-order valence-electron chi connectivity index (χ2n) is 5.50. The van der Waals surface area contributed by atoms with E-state index in [1.807, 2.05) is 0 Å². The van der Waals surface area contributed by atoms with Crippen molar-refractivity contribution in [1.29, 1.82) is 0 Å². The lowest BCUT2D eigenvalue weighted by atomic mass is 10.1. The van der Waals surface area contributed by atoms with Crippen molar-refractivity contribution in [2.45, 2.75) is 6.92 Å². The summed E-state index contributed by atoms with van der Waals surface area (Å²) in [7, 11) is 3.36. The molecule has 8 heteroatoms. The lowest BCUT2D eigenvalue weighted by Crippen LogP contribution is -2.13. The van der Waals surface area contributed by atoms with E-state index >= 15 is 0 Å². The smallest absolute Gasteiger partial charge is 0.351 e. The molecule has 25 heavy (non-hydrogen) atoms. The number of carbonyl (C=O) groups excluding carboxylic acids is 1. The summed E-state index contributed by atoms with van der Waals surface area (Å²) in [4.78, 5) is 36.1. The maximum atomic E-state index is 12.1. The first-order chi connectivity index (χ1) is 11.7. The van der Waals surface area contributed by atoms with Gasteiger partial charge < -0.3 is 14.4 Å². The van der Waals surface area contributed by atoms with Crippen molar-refractivity contribution in [1.82, 2.24) is 0 Å². The second kappa shape index (κ2) is 7.00. The van der Waals surface area contributed by atoms with Crippen LogP contribution in [0.25, 0.3) is 6.08 Å². The Kier molecular flexibility index (Phi) is 5.02. The summed E-state index contributed by atoms with van der Waals surface area (Å²) in [6.45, 7) is 1.47. The molecule has 1 aromatic heterocycles. The minimum absolute atomic E-state index is 0.114. The van der Waals surface area contributed by atoms with Gasteiger partial charge in [-0.05, 0) is 24.6 Å². The van der Waals surface area contributed by atoms with Gasteiger partial charge >= 0.3 is 5.63 Å². The molecule has 0 saturated heterocycles. The number of allylic oxidation sites excluding steroid dienone is 1. The van der Waals surface area contributed by atoms with Gasteiger partial charge in [-0.25, -0.2) is 4.79 Å². The monoisotopic (exact) mass is 344 g/mol. The highest BCUT2D eigenvalue weighted by Gasteiger charge is 2.17. The average Bonchev–Trinajstić information content (AvgIpc) is 2.51. The Morgan fingerprint density at radius 3 is 2.56 bits per heavy atom. The number of rotatable bonds is 5. The quantitative estimate of drug-likeness (QED) is 0.383. The third kappa shape index (κ3) is 3.92. The molecule has 1 N–H and O–H groups in total. The van der Waals surface area contributed by atoms with Crippen molar-refractivity contribution in [3.05, 3.63) is 67.8 Å². The van der Waals surface area contributed by atoms with Gasteiger partial charge in [-0.15, -0.1) is 0 Å². The molecule has 0 saturated carbocycles. The summed E-state index contributed by atoms with van der Waals surface area (Å²) in [5.41, 5.74) is -0.716. The molecule has 8 nitrogen and oxygen atoms in total. The molecule has 2 aromatic rings. The van der Waals surface area contributed by atoms with Crippen molar-refractivity contribution in [2.75, 3.05) is 19.0 Å². The number of anilines is 1. The van der Waals surface area contributed by atoms with Gasteiger partial charge in [-0.2, -0.15) is 0 Å². The molecule has 130 valence electrons. The van der Waals surface area contributed by atoms with Gasteiger partial charge in [0.1, 0.15) is 22.8 Å². The third-order valence-electron chi connectivity index (χ3n) is 3.41. The summed E-state index contributed by atoms with van der Waals surface area (Å²) in [6.07, 6.45) is 2.38. The molecule has 0 aliphatic rings. The van der Waals surface area contributed by atoms with E-state index in [0.717, 1.165) is 6.08 Å². The van der Waals surface area contributed by atoms with Gasteiger partial charge in [-0.3, -0.25) is 14.9 Å². The average molecular weight is 344 g/mol. The van der Waals surface area contributed by atoms with E-state index in [1.165, 1.54) is 25.1 Å². The van der Waals surface area contributed by atoms with Gasteiger partial charge in [0.2, 0.25) is 0 Å². The van der Waals surface area contributed by atoms with Gasteiger partial charge in [0.05, 0.1) is 4.92 Å². The van der Waals surface area contributed by atoms with Crippen LogP contribution in [0, 0.1) is 17.0 Å². The summed E-state index contributed by atoms with van der Waals surface area (Å²) < 4.78 is 4.79. The van der Waals surface area contributed by atoms with E-state index in [9.17, 15) is 24.8 Å². The minimum atomic E-state index is -0.943. The van der Waals surface area contributed by atoms with Crippen molar-refractivity contribution in [3.8, 4) is 5.75 Å². The summed E-state index contributed by atoms with van der Waals surface area (Å²) in [5, 5.41) is 20.9. The van der Waals surface area contributed by atoms with Gasteiger partial charge in [0.15, 0.2) is 5.78 Å². The second-order valence-corrected chi connectivity index (χ2v) is 5.50. The van der Waals surface area contributed by atoms with Crippen molar-refractivity contribution in [2.24, 2.45) is 0 Å². The first-order valence-electron chi connectivity index (χ1n) is 7.22. The topological polar surface area (TPSA) is 114 Å². The van der Waals surface area contributed by atoms with Crippen molar-refractivity contribution >= 4 is 23.2 Å². The van der Waals surface area contributed by atoms with Gasteiger partial charge in [0.25, 0.3) is 5.69 Å². The van der Waals surface area contributed by atoms with E-state index in [0.29, 0.717) is 11.3 Å². The van der Waals surface area contributed by atoms with Crippen LogP contribution < -0.4 is 10.5 Å². The van der Waals surface area contributed by atoms with Crippen LogP contribution >= 0.6 is 0 Å². The Hall–Kier alpha value is -3.42. The minimum Gasteiger partial charge on any atom is -0.507 e. The predicted octanol–water partition coefficient (Wildman–Crippen LogP) is 2.52. The molecule has 1 aromatic carbocycles. The fraction of sp³-hybridized carbons (Fsp3) is 0.176. The van der Waals surface area contributed by atoms with E-state index in [4.69, 9.17) is 4.42 Å². The fourth-order valence-electron chi connectivity index (χ4n) is 2.25. The van der Waals surface area contributed by atoms with Crippen LogP contribution in [0.3, 0.4) is 0 Å². The number of aromatic hydroxyl groups is 1. The van der Waals surface area contributed by atoms with Crippen LogP contribution in [0.15, 0.2) is 39.6 Å². The van der Waals surface area contributed by atoms with Crippen LogP contribution in [-0.4, -0.2) is 29.9 Å². The van der Waals surface area contributed by atoms with E-state index in [2.05, 4.69) is 0 Å². The Balaban J connectivity index is 2.37. The normalized spacial score (nSPS) is 10.8. The Labute approximate surface area is 142 Å². The number of nitro groups is 1. The maximum absolute atomic E-state index is 12.1. The largest absolute Gasteiger partial charge is 0.507 e. The van der Waals surface area contributed by atoms with Crippen LogP contribution in [0.5, 0.6) is 5.75 Å². The Bertz CT molecular complexity index is 927. The summed E-state index contributed by atoms with van der Waals surface area (Å²) in [6, 6.07) is 5.64. The van der Waals surface area contributed by atoms with Gasteiger partial charge in [0, 0.05) is 26.2 Å². The number of aryl methyl sites for hydroxylation is 1. The molecule has 0 atom stereocenters. The number of ketones is 1. The standard InChI is InChI=1S/C17H16N2O6/c1-10-8-15(21)16(17(22)25-10)14(20)7-5-11-4-6-12(18(2)3)13(9-11)19(23)24/h4-9,21H,1-3H3/b7-5+. The zero-order chi connectivity index (χ0) is 18.7. The number of carbonyl (C=O) groups is 1. The molecule has 0 radical (unpaired) electrons. The van der Waals surface area contributed by atoms with Crippen molar-refractivity contribution in [3.63, 3.8) is 0 Å². The number of hydrogen-bond acceptors (Lipinski definition) is 7. The molecule has 0 bridgehead atoms. The van der Waals surface area contributed by atoms with E-state index < -0.39 is 27.6 Å². The predicted molar refractivity (Wildman–Crippen MR) is 92.2 cm³/mol. The third-order valence-corrected chi connectivity index (χ3v) is 3.41. The maximum Gasteiger partial charge on any atom is 0.351 e. The molecule has 0 aliphatic carbocycles. The molecule has 0 spiro atoms. The van der Waals surface area contributed by atoms with E-state index in [1.54, 1.807) is 31.1 Å². The first-order valence-corrected chi connectivity index (χ1v) is 7.22. The molecule has 1 heterocycles. The summed E-state index contributed by atoms with van der Waals surface area (Å²) in [5.74, 6) is -1.05. The highest BCUT2D eigenvalue weighted by Crippen LogP contribution is 2.28. The number of benzene rings is 1.